The fraction of sp³-hybridized carbons (Fsp3) is 0.304. The van der Waals surface area contributed by atoms with Gasteiger partial charge in [-0.15, -0.1) is 0 Å². The predicted molar refractivity (Wildman–Crippen MR) is 116 cm³/mol. The maximum absolute atomic E-state index is 13.3. The second kappa shape index (κ2) is 8.07. The molecule has 166 valence electrons. The number of carboxylic acids is 1. The zero-order chi connectivity index (χ0) is 23.2. The van der Waals surface area contributed by atoms with Crippen molar-refractivity contribution in [1.82, 2.24) is 14.5 Å². The highest BCUT2D eigenvalue weighted by Gasteiger charge is 2.43. The van der Waals surface area contributed by atoms with Crippen LogP contribution in [0.25, 0.3) is 11.0 Å². The van der Waals surface area contributed by atoms with E-state index in [9.17, 15) is 23.9 Å². The number of urea groups is 1. The van der Waals surface area contributed by atoms with E-state index >= 15 is 0 Å². The van der Waals surface area contributed by atoms with E-state index in [1.807, 2.05) is 13.8 Å². The van der Waals surface area contributed by atoms with Crippen LogP contribution in [0.4, 0.5) is 14.9 Å². The van der Waals surface area contributed by atoms with Gasteiger partial charge in [-0.1, -0.05) is 13.8 Å². The lowest BCUT2D eigenvalue weighted by Gasteiger charge is -2.27. The van der Waals surface area contributed by atoms with Crippen LogP contribution in [-0.2, 0) is 11.8 Å². The number of hydrogen-bond acceptors (Lipinski definition) is 4. The van der Waals surface area contributed by atoms with Crippen LogP contribution in [0.3, 0.4) is 0 Å². The molecule has 0 spiro atoms. The van der Waals surface area contributed by atoms with Crippen molar-refractivity contribution in [3.63, 3.8) is 0 Å². The van der Waals surface area contributed by atoms with Gasteiger partial charge in [0.1, 0.15) is 18.2 Å². The molecule has 1 aliphatic rings. The fourth-order valence-electron chi connectivity index (χ4n) is 4.06. The van der Waals surface area contributed by atoms with E-state index in [0.29, 0.717) is 29.0 Å². The third-order valence-electron chi connectivity index (χ3n) is 5.60. The van der Waals surface area contributed by atoms with Crippen LogP contribution in [0.15, 0.2) is 42.5 Å². The standard InChI is InChI=1S/C23H23FN4O4/c1-13(2)10-19(21-25-17-9-4-14(22(30)31)11-18(17)26(21)3)28-20(29)12-27(23(28)32)16-7-5-15(24)6-8-16/h4-9,11,13,19H,10,12H2,1-3H3,(H,30,31)/t19-/m0/s1. The van der Waals surface area contributed by atoms with Crippen LogP contribution < -0.4 is 4.90 Å². The first-order chi connectivity index (χ1) is 15.2. The quantitative estimate of drug-likeness (QED) is 0.588. The number of halogens is 1. The number of aromatic nitrogens is 2. The molecule has 3 aromatic rings. The maximum Gasteiger partial charge on any atom is 0.335 e. The molecule has 0 radical (unpaired) electrons. The van der Waals surface area contributed by atoms with Gasteiger partial charge in [-0.3, -0.25) is 14.6 Å². The molecular weight excluding hydrogens is 415 g/mol. The van der Waals surface area contributed by atoms with Gasteiger partial charge in [-0.25, -0.2) is 19.0 Å². The Labute approximate surface area is 183 Å². The van der Waals surface area contributed by atoms with Crippen LogP contribution >= 0.6 is 0 Å². The minimum absolute atomic E-state index is 0.128. The summed E-state index contributed by atoms with van der Waals surface area (Å²) in [5.74, 6) is -1.20. The molecule has 3 amide bonds. The van der Waals surface area contributed by atoms with Crippen molar-refractivity contribution in [3.05, 3.63) is 59.7 Å². The van der Waals surface area contributed by atoms with Crippen molar-refractivity contribution in [3.8, 4) is 0 Å². The Morgan fingerprint density at radius 2 is 1.84 bits per heavy atom. The Balaban J connectivity index is 1.76. The van der Waals surface area contributed by atoms with E-state index in [2.05, 4.69) is 4.98 Å². The molecule has 2 heterocycles. The Bertz CT molecular complexity index is 1220. The predicted octanol–water partition coefficient (Wildman–Crippen LogP) is 3.97. The van der Waals surface area contributed by atoms with Crippen LogP contribution in [0.1, 0.15) is 42.5 Å². The smallest absolute Gasteiger partial charge is 0.335 e. The molecule has 1 fully saturated rings. The molecule has 0 aliphatic carbocycles. The Morgan fingerprint density at radius 3 is 2.47 bits per heavy atom. The van der Waals surface area contributed by atoms with Gasteiger partial charge in [0, 0.05) is 12.7 Å². The zero-order valence-electron chi connectivity index (χ0n) is 17.9. The van der Waals surface area contributed by atoms with E-state index in [-0.39, 0.29) is 23.9 Å². The van der Waals surface area contributed by atoms with Crippen LogP contribution in [0.5, 0.6) is 0 Å². The summed E-state index contributed by atoms with van der Waals surface area (Å²) < 4.78 is 15.0. The maximum atomic E-state index is 13.3. The number of hydrogen-bond donors (Lipinski definition) is 1. The number of amides is 3. The molecular formula is C23H23FN4O4. The lowest BCUT2D eigenvalue weighted by molar-refractivity contribution is -0.127. The van der Waals surface area contributed by atoms with Crippen LogP contribution in [0.2, 0.25) is 0 Å². The lowest BCUT2D eigenvalue weighted by atomic mass is 10.0. The van der Waals surface area contributed by atoms with Crippen molar-refractivity contribution in [2.45, 2.75) is 26.3 Å². The first kappa shape index (κ1) is 21.5. The first-order valence-corrected chi connectivity index (χ1v) is 10.3. The lowest BCUT2D eigenvalue weighted by Crippen LogP contribution is -2.38. The molecule has 0 saturated carbocycles. The minimum atomic E-state index is -1.05. The average molecular weight is 438 g/mol. The summed E-state index contributed by atoms with van der Waals surface area (Å²) in [6, 6.07) is 8.90. The molecule has 2 aromatic carbocycles. The zero-order valence-corrected chi connectivity index (χ0v) is 17.9. The van der Waals surface area contributed by atoms with Crippen molar-refractivity contribution >= 4 is 34.6 Å². The molecule has 9 heteroatoms. The Morgan fingerprint density at radius 1 is 1.16 bits per heavy atom. The van der Waals surface area contributed by atoms with Gasteiger partial charge in [-0.05, 0) is 54.8 Å². The second-order valence-corrected chi connectivity index (χ2v) is 8.29. The van der Waals surface area contributed by atoms with E-state index in [1.165, 1.54) is 46.2 Å². The molecule has 0 unspecified atom stereocenters. The minimum Gasteiger partial charge on any atom is -0.478 e. The summed E-state index contributed by atoms with van der Waals surface area (Å²) in [4.78, 5) is 44.8. The third-order valence-corrected chi connectivity index (χ3v) is 5.60. The largest absolute Gasteiger partial charge is 0.478 e. The number of aromatic carboxylic acids is 1. The third kappa shape index (κ3) is 3.70. The average Bonchev–Trinajstić information content (AvgIpc) is 3.22. The number of imide groups is 1. The van der Waals surface area contributed by atoms with Gasteiger partial charge < -0.3 is 9.67 Å². The number of fused-ring (bicyclic) bond motifs is 1. The van der Waals surface area contributed by atoms with Gasteiger partial charge >= 0.3 is 12.0 Å². The normalized spacial score (nSPS) is 15.3. The number of carboxylic acid groups (broad SMARTS) is 1. The number of carbonyl (C=O) groups is 3. The molecule has 4 rings (SSSR count). The van der Waals surface area contributed by atoms with Gasteiger partial charge in [0.2, 0.25) is 0 Å². The highest BCUT2D eigenvalue weighted by Crippen LogP contribution is 2.34. The van der Waals surface area contributed by atoms with Crippen LogP contribution in [0, 0.1) is 11.7 Å². The Kier molecular flexibility index (Phi) is 5.41. The van der Waals surface area contributed by atoms with Crippen molar-refractivity contribution < 1.29 is 23.9 Å². The topological polar surface area (TPSA) is 95.7 Å². The van der Waals surface area contributed by atoms with E-state index in [4.69, 9.17) is 0 Å². The van der Waals surface area contributed by atoms with Gasteiger partial charge in [0.05, 0.1) is 22.6 Å². The van der Waals surface area contributed by atoms with Crippen LogP contribution in [-0.4, -0.2) is 44.0 Å². The van der Waals surface area contributed by atoms with Gasteiger partial charge in [0.15, 0.2) is 0 Å². The first-order valence-electron chi connectivity index (χ1n) is 10.3. The fourth-order valence-corrected chi connectivity index (χ4v) is 4.06. The number of imidazole rings is 1. The van der Waals surface area contributed by atoms with Crippen molar-refractivity contribution in [1.29, 1.82) is 0 Å². The summed E-state index contributed by atoms with van der Waals surface area (Å²) in [7, 11) is 1.74. The summed E-state index contributed by atoms with van der Waals surface area (Å²) in [5, 5.41) is 9.31. The van der Waals surface area contributed by atoms with Gasteiger partial charge in [-0.2, -0.15) is 0 Å². The van der Waals surface area contributed by atoms with E-state index < -0.39 is 23.9 Å². The van der Waals surface area contributed by atoms with Crippen molar-refractivity contribution in [2.75, 3.05) is 11.4 Å². The molecule has 1 saturated heterocycles. The monoisotopic (exact) mass is 438 g/mol. The van der Waals surface area contributed by atoms with E-state index in [0.717, 1.165) is 0 Å². The molecule has 1 aromatic heterocycles. The number of aryl methyl sites for hydroxylation is 1. The molecule has 8 nitrogen and oxygen atoms in total. The number of anilines is 1. The summed E-state index contributed by atoms with van der Waals surface area (Å²) >= 11 is 0. The number of carbonyl (C=O) groups excluding carboxylic acids is 2. The number of nitrogens with zero attached hydrogens (tertiary/aromatic N) is 4. The SMILES string of the molecule is CC(C)C[C@@H](c1nc2ccc(C(=O)O)cc2n1C)N1C(=O)CN(c2ccc(F)cc2)C1=O. The van der Waals surface area contributed by atoms with Crippen molar-refractivity contribution in [2.24, 2.45) is 13.0 Å². The molecule has 1 atom stereocenters. The highest BCUT2D eigenvalue weighted by atomic mass is 19.1. The second-order valence-electron chi connectivity index (χ2n) is 8.29. The molecule has 1 aliphatic heterocycles. The molecule has 0 bridgehead atoms. The van der Waals surface area contributed by atoms with E-state index in [1.54, 1.807) is 17.7 Å². The summed E-state index contributed by atoms with van der Waals surface area (Å²) in [6.07, 6.45) is 0.484. The summed E-state index contributed by atoms with van der Waals surface area (Å²) in [6.45, 7) is 3.83. The Hall–Kier alpha value is -3.75. The number of rotatable bonds is 6. The van der Waals surface area contributed by atoms with Gasteiger partial charge in [0.25, 0.3) is 5.91 Å². The molecule has 1 N–H and O–H groups in total. The highest BCUT2D eigenvalue weighted by molar-refractivity contribution is 6.12. The molecule has 32 heavy (non-hydrogen) atoms. The summed E-state index contributed by atoms with van der Waals surface area (Å²) in [5.41, 5.74) is 1.74. The number of benzene rings is 2.